The molecule has 3 nitrogen and oxygen atoms in total. The zero-order valence-corrected chi connectivity index (χ0v) is 20.2. The molecule has 0 bridgehead atoms. The van der Waals surface area contributed by atoms with Crippen molar-refractivity contribution in [2.75, 3.05) is 0 Å². The molecular formula is C30H36O3. The number of phenolic OH excluding ortho intramolecular Hbond substituents is 3. The second kappa shape index (κ2) is 9.13. The lowest BCUT2D eigenvalue weighted by Crippen LogP contribution is -2.33. The van der Waals surface area contributed by atoms with E-state index < -0.39 is 0 Å². The summed E-state index contributed by atoms with van der Waals surface area (Å²) in [6.45, 7) is 8.46. The first kappa shape index (κ1) is 23.2. The molecule has 3 aromatic carbocycles. The fraction of sp³-hybridized carbons (Fsp3) is 0.400. The van der Waals surface area contributed by atoms with Gasteiger partial charge in [-0.2, -0.15) is 0 Å². The standard InChI is InChI=1S/C30H36O3/c1-19(2)26-17-23(7-11-28(26)32)30(24-8-12-29(33)27(18-24)20(3)4)15-13-22(14-16-30)21-5-9-25(31)10-6-21/h5-12,17-20,22,31-33H,13-16H2,1-4H3. The van der Waals surface area contributed by atoms with Crippen LogP contribution in [0.1, 0.15) is 98.9 Å². The van der Waals surface area contributed by atoms with Crippen LogP contribution in [0.2, 0.25) is 0 Å². The molecule has 4 rings (SSSR count). The molecule has 0 aromatic heterocycles. The lowest BCUT2D eigenvalue weighted by atomic mass is 9.61. The van der Waals surface area contributed by atoms with Crippen LogP contribution in [0.25, 0.3) is 0 Å². The highest BCUT2D eigenvalue weighted by Gasteiger charge is 2.39. The van der Waals surface area contributed by atoms with E-state index in [9.17, 15) is 15.3 Å². The maximum atomic E-state index is 10.5. The average molecular weight is 445 g/mol. The SMILES string of the molecule is CC(C)c1cc(C2(c3ccc(O)c(C(C)C)c3)CCC(c3ccc(O)cc3)CC2)ccc1O. The van der Waals surface area contributed by atoms with Crippen LogP contribution in [0.15, 0.2) is 60.7 Å². The van der Waals surface area contributed by atoms with Crippen molar-refractivity contribution in [3.05, 3.63) is 88.5 Å². The van der Waals surface area contributed by atoms with Gasteiger partial charge in [-0.25, -0.2) is 0 Å². The molecule has 1 aliphatic rings. The van der Waals surface area contributed by atoms with Crippen LogP contribution in [0.4, 0.5) is 0 Å². The van der Waals surface area contributed by atoms with Gasteiger partial charge in [-0.3, -0.25) is 0 Å². The first-order valence-corrected chi connectivity index (χ1v) is 12.2. The maximum absolute atomic E-state index is 10.5. The van der Waals surface area contributed by atoms with Gasteiger partial charge in [0.1, 0.15) is 17.2 Å². The first-order valence-electron chi connectivity index (χ1n) is 12.2. The molecule has 0 atom stereocenters. The molecule has 0 spiro atoms. The molecule has 1 aliphatic carbocycles. The van der Waals surface area contributed by atoms with Crippen LogP contribution < -0.4 is 0 Å². The Hall–Kier alpha value is -2.94. The van der Waals surface area contributed by atoms with Gasteiger partial charge in [-0.05, 0) is 95.5 Å². The second-order valence-corrected chi connectivity index (χ2v) is 10.3. The molecule has 1 saturated carbocycles. The number of phenols is 3. The third-order valence-corrected chi connectivity index (χ3v) is 7.61. The van der Waals surface area contributed by atoms with E-state index in [1.807, 2.05) is 24.3 Å². The monoisotopic (exact) mass is 444 g/mol. The average Bonchev–Trinajstić information content (AvgIpc) is 2.80. The minimum atomic E-state index is -0.165. The summed E-state index contributed by atoms with van der Waals surface area (Å²) in [5.74, 6) is 1.95. The number of aromatic hydroxyl groups is 3. The van der Waals surface area contributed by atoms with Crippen molar-refractivity contribution >= 4 is 0 Å². The molecule has 174 valence electrons. The summed E-state index contributed by atoms with van der Waals surface area (Å²) < 4.78 is 0. The van der Waals surface area contributed by atoms with Gasteiger partial charge in [0.2, 0.25) is 0 Å². The van der Waals surface area contributed by atoms with Crippen molar-refractivity contribution < 1.29 is 15.3 Å². The summed E-state index contributed by atoms with van der Waals surface area (Å²) in [5.41, 5.74) is 5.57. The highest BCUT2D eigenvalue weighted by atomic mass is 16.3. The molecule has 3 N–H and O–H groups in total. The maximum Gasteiger partial charge on any atom is 0.119 e. The summed E-state index contributed by atoms with van der Waals surface area (Å²) in [6, 6.07) is 19.9. The summed E-state index contributed by atoms with van der Waals surface area (Å²) in [7, 11) is 0. The largest absolute Gasteiger partial charge is 0.508 e. The number of rotatable bonds is 5. The predicted molar refractivity (Wildman–Crippen MR) is 134 cm³/mol. The molecule has 1 fully saturated rings. The molecule has 0 amide bonds. The van der Waals surface area contributed by atoms with Crippen molar-refractivity contribution in [1.82, 2.24) is 0 Å². The molecule has 0 heterocycles. The third kappa shape index (κ3) is 4.46. The van der Waals surface area contributed by atoms with E-state index in [0.29, 0.717) is 23.2 Å². The third-order valence-electron chi connectivity index (χ3n) is 7.61. The number of hydrogen-bond acceptors (Lipinski definition) is 3. The number of benzene rings is 3. The highest BCUT2D eigenvalue weighted by molar-refractivity contribution is 5.50. The minimum absolute atomic E-state index is 0.165. The van der Waals surface area contributed by atoms with Crippen molar-refractivity contribution in [2.24, 2.45) is 0 Å². The van der Waals surface area contributed by atoms with Crippen molar-refractivity contribution in [2.45, 2.75) is 76.5 Å². The quantitative estimate of drug-likeness (QED) is 0.378. The molecule has 0 unspecified atom stereocenters. The van der Waals surface area contributed by atoms with E-state index in [-0.39, 0.29) is 17.3 Å². The van der Waals surface area contributed by atoms with Crippen LogP contribution in [0.3, 0.4) is 0 Å². The molecule has 0 radical (unpaired) electrons. The Balaban J connectivity index is 1.78. The van der Waals surface area contributed by atoms with Gasteiger partial charge < -0.3 is 15.3 Å². The van der Waals surface area contributed by atoms with Gasteiger partial charge in [0.25, 0.3) is 0 Å². The smallest absolute Gasteiger partial charge is 0.119 e. The Bertz CT molecular complexity index is 1040. The van der Waals surface area contributed by atoms with Gasteiger partial charge >= 0.3 is 0 Å². The highest BCUT2D eigenvalue weighted by Crippen LogP contribution is 2.51. The molecule has 3 aromatic rings. The van der Waals surface area contributed by atoms with E-state index in [2.05, 4.69) is 52.0 Å². The van der Waals surface area contributed by atoms with Gasteiger partial charge in [0.05, 0.1) is 0 Å². The fourth-order valence-corrected chi connectivity index (χ4v) is 5.56. The Morgan fingerprint density at radius 3 is 1.55 bits per heavy atom. The van der Waals surface area contributed by atoms with Crippen molar-refractivity contribution in [3.8, 4) is 17.2 Å². The molecule has 0 saturated heterocycles. The summed E-state index contributed by atoms with van der Waals surface area (Å²) >= 11 is 0. The van der Waals surface area contributed by atoms with Crippen molar-refractivity contribution in [3.63, 3.8) is 0 Å². The Morgan fingerprint density at radius 1 is 0.667 bits per heavy atom. The van der Waals surface area contributed by atoms with Gasteiger partial charge in [0, 0.05) is 5.41 Å². The fourth-order valence-electron chi connectivity index (χ4n) is 5.56. The second-order valence-electron chi connectivity index (χ2n) is 10.3. The molecule has 0 aliphatic heterocycles. The molecular weight excluding hydrogens is 408 g/mol. The normalized spacial score (nSPS) is 16.4. The van der Waals surface area contributed by atoms with E-state index in [1.165, 1.54) is 16.7 Å². The van der Waals surface area contributed by atoms with Gasteiger partial charge in [-0.15, -0.1) is 0 Å². The van der Waals surface area contributed by atoms with E-state index >= 15 is 0 Å². The minimum Gasteiger partial charge on any atom is -0.508 e. The van der Waals surface area contributed by atoms with Gasteiger partial charge in [-0.1, -0.05) is 64.1 Å². The van der Waals surface area contributed by atoms with Crippen LogP contribution >= 0.6 is 0 Å². The zero-order valence-electron chi connectivity index (χ0n) is 20.2. The zero-order chi connectivity index (χ0) is 23.8. The summed E-state index contributed by atoms with van der Waals surface area (Å²) in [5, 5.41) is 30.6. The van der Waals surface area contributed by atoms with Crippen LogP contribution in [-0.4, -0.2) is 15.3 Å². The first-order chi connectivity index (χ1) is 15.7. The summed E-state index contributed by atoms with van der Waals surface area (Å²) in [4.78, 5) is 0. The van der Waals surface area contributed by atoms with Crippen LogP contribution in [-0.2, 0) is 5.41 Å². The van der Waals surface area contributed by atoms with Crippen molar-refractivity contribution in [1.29, 1.82) is 0 Å². The lowest BCUT2D eigenvalue weighted by Gasteiger charge is -2.42. The number of hydrogen-bond donors (Lipinski definition) is 3. The van der Waals surface area contributed by atoms with E-state index in [1.54, 1.807) is 12.1 Å². The molecule has 33 heavy (non-hydrogen) atoms. The van der Waals surface area contributed by atoms with E-state index in [4.69, 9.17) is 0 Å². The Morgan fingerprint density at radius 2 is 1.12 bits per heavy atom. The molecule has 3 heteroatoms. The van der Waals surface area contributed by atoms with E-state index in [0.717, 1.165) is 36.8 Å². The topological polar surface area (TPSA) is 60.7 Å². The lowest BCUT2D eigenvalue weighted by molar-refractivity contribution is 0.313. The Labute approximate surface area is 197 Å². The van der Waals surface area contributed by atoms with Crippen LogP contribution in [0, 0.1) is 0 Å². The Kier molecular flexibility index (Phi) is 6.43. The predicted octanol–water partition coefficient (Wildman–Crippen LogP) is 7.69. The van der Waals surface area contributed by atoms with Gasteiger partial charge in [0.15, 0.2) is 0 Å². The van der Waals surface area contributed by atoms with Crippen LogP contribution in [0.5, 0.6) is 17.2 Å². The summed E-state index contributed by atoms with van der Waals surface area (Å²) in [6.07, 6.45) is 4.06.